The lowest BCUT2D eigenvalue weighted by Crippen LogP contribution is -2.34. The van der Waals surface area contributed by atoms with Gasteiger partial charge in [-0.25, -0.2) is 0 Å². The Balaban J connectivity index is 1.25. The van der Waals surface area contributed by atoms with Crippen molar-refractivity contribution in [3.63, 3.8) is 0 Å². The van der Waals surface area contributed by atoms with Crippen LogP contribution in [-0.2, 0) is 0 Å². The molecule has 5 heteroatoms. The zero-order valence-corrected chi connectivity index (χ0v) is 16.9. The topological polar surface area (TPSA) is 61.3 Å². The highest BCUT2D eigenvalue weighted by atomic mass is 16.5. The summed E-state index contributed by atoms with van der Waals surface area (Å²) in [6, 6.07) is 15.9. The van der Waals surface area contributed by atoms with Crippen LogP contribution in [-0.4, -0.2) is 43.2 Å². The lowest BCUT2D eigenvalue weighted by atomic mass is 9.89. The van der Waals surface area contributed by atoms with Crippen LogP contribution in [0.3, 0.4) is 0 Å². The molecule has 5 nitrogen and oxygen atoms in total. The summed E-state index contributed by atoms with van der Waals surface area (Å²) < 4.78 is 11.1. The van der Waals surface area contributed by atoms with E-state index in [4.69, 9.17) is 9.47 Å². The molecular weight excluding hydrogens is 362 g/mol. The molecule has 0 bridgehead atoms. The molecule has 1 aliphatic heterocycles. The van der Waals surface area contributed by atoms with Gasteiger partial charge in [-0.2, -0.15) is 5.26 Å². The summed E-state index contributed by atoms with van der Waals surface area (Å²) in [6.07, 6.45) is 5.45. The Kier molecular flexibility index (Phi) is 6.02. The molecule has 4 rings (SSSR count). The smallest absolute Gasteiger partial charge is 0.122 e. The number of aromatic amines is 1. The van der Waals surface area contributed by atoms with Gasteiger partial charge in [0, 0.05) is 29.7 Å². The molecule has 0 atom stereocenters. The number of rotatable bonds is 7. The molecule has 0 radical (unpaired) electrons. The van der Waals surface area contributed by atoms with Gasteiger partial charge in [0.25, 0.3) is 0 Å². The van der Waals surface area contributed by atoms with Gasteiger partial charge in [0.15, 0.2) is 0 Å². The molecule has 0 unspecified atom stereocenters. The molecule has 1 aromatic heterocycles. The van der Waals surface area contributed by atoms with Gasteiger partial charge in [0.05, 0.1) is 25.3 Å². The Bertz CT molecular complexity index is 997. The average molecular weight is 389 g/mol. The monoisotopic (exact) mass is 389 g/mol. The van der Waals surface area contributed by atoms with Gasteiger partial charge in [-0.15, -0.1) is 0 Å². The first-order valence-electron chi connectivity index (χ1n) is 10.3. The minimum Gasteiger partial charge on any atom is -0.497 e. The SMILES string of the molecule is COc1cccc(OCCCN2CCC(c3c[nH]c4ccc(C#N)cc34)CC2)c1. The van der Waals surface area contributed by atoms with E-state index in [0.717, 1.165) is 61.5 Å². The van der Waals surface area contributed by atoms with Gasteiger partial charge in [0.1, 0.15) is 11.5 Å². The minimum absolute atomic E-state index is 0.557. The summed E-state index contributed by atoms with van der Waals surface area (Å²) in [4.78, 5) is 5.89. The van der Waals surface area contributed by atoms with Gasteiger partial charge in [-0.3, -0.25) is 0 Å². The molecule has 0 saturated carbocycles. The number of methoxy groups -OCH3 is 1. The predicted molar refractivity (Wildman–Crippen MR) is 115 cm³/mol. The molecule has 3 aromatic rings. The molecular formula is C24H27N3O2. The summed E-state index contributed by atoms with van der Waals surface area (Å²) >= 11 is 0. The Morgan fingerprint density at radius 3 is 2.76 bits per heavy atom. The van der Waals surface area contributed by atoms with Crippen molar-refractivity contribution in [2.24, 2.45) is 0 Å². The van der Waals surface area contributed by atoms with E-state index in [1.54, 1.807) is 7.11 Å². The summed E-state index contributed by atoms with van der Waals surface area (Å²) in [6.45, 7) is 3.98. The largest absolute Gasteiger partial charge is 0.497 e. The van der Waals surface area contributed by atoms with Gasteiger partial charge >= 0.3 is 0 Å². The van der Waals surface area contributed by atoms with Crippen molar-refractivity contribution >= 4 is 10.9 Å². The zero-order valence-electron chi connectivity index (χ0n) is 16.9. The number of fused-ring (bicyclic) bond motifs is 1. The quantitative estimate of drug-likeness (QED) is 0.595. The lowest BCUT2D eigenvalue weighted by Gasteiger charge is -2.31. The first-order valence-corrected chi connectivity index (χ1v) is 10.3. The van der Waals surface area contributed by atoms with Crippen LogP contribution in [0.4, 0.5) is 0 Å². The standard InChI is InChI=1S/C24H27N3O2/c1-28-20-4-2-5-21(15-20)29-13-3-10-27-11-8-19(9-12-27)23-17-26-24-7-6-18(16-25)14-22(23)24/h2,4-7,14-15,17,19,26H,3,8-13H2,1H3. The molecule has 1 saturated heterocycles. The molecule has 2 heterocycles. The fourth-order valence-electron chi connectivity index (χ4n) is 4.19. The van der Waals surface area contributed by atoms with Gasteiger partial charge in [0.2, 0.25) is 0 Å². The summed E-state index contributed by atoms with van der Waals surface area (Å²) in [7, 11) is 1.67. The molecule has 2 aromatic carbocycles. The van der Waals surface area contributed by atoms with Crippen LogP contribution in [0.15, 0.2) is 48.7 Å². The van der Waals surface area contributed by atoms with Crippen LogP contribution in [0, 0.1) is 11.3 Å². The van der Waals surface area contributed by atoms with Crippen LogP contribution >= 0.6 is 0 Å². The van der Waals surface area contributed by atoms with Crippen molar-refractivity contribution < 1.29 is 9.47 Å². The molecule has 1 aliphatic rings. The Labute approximate surface area is 171 Å². The number of nitriles is 1. The number of likely N-dealkylation sites (tertiary alicyclic amines) is 1. The highest BCUT2D eigenvalue weighted by Gasteiger charge is 2.22. The van der Waals surface area contributed by atoms with Crippen molar-refractivity contribution in [2.45, 2.75) is 25.2 Å². The van der Waals surface area contributed by atoms with E-state index in [9.17, 15) is 5.26 Å². The predicted octanol–water partition coefficient (Wildman–Crippen LogP) is 4.70. The number of hydrogen-bond donors (Lipinski definition) is 1. The van der Waals surface area contributed by atoms with E-state index in [1.807, 2.05) is 42.5 Å². The van der Waals surface area contributed by atoms with E-state index < -0.39 is 0 Å². The fraction of sp³-hybridized carbons (Fsp3) is 0.375. The third-order valence-electron chi connectivity index (χ3n) is 5.80. The highest BCUT2D eigenvalue weighted by Crippen LogP contribution is 2.33. The summed E-state index contributed by atoms with van der Waals surface area (Å²) in [5.41, 5.74) is 3.21. The fourth-order valence-corrected chi connectivity index (χ4v) is 4.19. The van der Waals surface area contributed by atoms with Crippen molar-refractivity contribution in [2.75, 3.05) is 33.4 Å². The van der Waals surface area contributed by atoms with Gasteiger partial charge in [-0.1, -0.05) is 6.07 Å². The number of nitrogens with one attached hydrogen (secondary N) is 1. The number of hydrogen-bond acceptors (Lipinski definition) is 4. The van der Waals surface area contributed by atoms with Crippen molar-refractivity contribution in [3.05, 3.63) is 59.8 Å². The maximum Gasteiger partial charge on any atom is 0.122 e. The first kappa shape index (κ1) is 19.4. The number of aromatic nitrogens is 1. The van der Waals surface area contributed by atoms with Gasteiger partial charge in [-0.05, 0) is 74.2 Å². The third kappa shape index (κ3) is 4.55. The maximum absolute atomic E-state index is 9.19. The van der Waals surface area contributed by atoms with Crippen LogP contribution in [0.25, 0.3) is 10.9 Å². The number of benzene rings is 2. The number of ether oxygens (including phenoxy) is 2. The lowest BCUT2D eigenvalue weighted by molar-refractivity contribution is 0.193. The second-order valence-electron chi connectivity index (χ2n) is 7.61. The van der Waals surface area contributed by atoms with E-state index in [-0.39, 0.29) is 0 Å². The molecule has 1 N–H and O–H groups in total. The van der Waals surface area contributed by atoms with E-state index in [0.29, 0.717) is 12.5 Å². The van der Waals surface area contributed by atoms with Crippen molar-refractivity contribution in [1.82, 2.24) is 9.88 Å². The molecule has 150 valence electrons. The summed E-state index contributed by atoms with van der Waals surface area (Å²) in [5.74, 6) is 2.24. The van der Waals surface area contributed by atoms with Crippen LogP contribution in [0.5, 0.6) is 11.5 Å². The molecule has 29 heavy (non-hydrogen) atoms. The van der Waals surface area contributed by atoms with Crippen LogP contribution < -0.4 is 9.47 Å². The summed E-state index contributed by atoms with van der Waals surface area (Å²) in [5, 5.41) is 10.4. The molecule has 0 spiro atoms. The number of H-pyrrole nitrogens is 1. The normalized spacial score (nSPS) is 15.3. The van der Waals surface area contributed by atoms with Crippen LogP contribution in [0.2, 0.25) is 0 Å². The number of nitrogens with zero attached hydrogens (tertiary/aromatic N) is 2. The second-order valence-corrected chi connectivity index (χ2v) is 7.61. The average Bonchev–Trinajstić information content (AvgIpc) is 3.20. The van der Waals surface area contributed by atoms with Crippen LogP contribution in [0.1, 0.15) is 36.3 Å². The van der Waals surface area contributed by atoms with Gasteiger partial charge < -0.3 is 19.4 Å². The molecule has 0 amide bonds. The molecule has 1 fully saturated rings. The number of piperidine rings is 1. The Morgan fingerprint density at radius 2 is 1.97 bits per heavy atom. The Hall–Kier alpha value is -2.97. The van der Waals surface area contributed by atoms with E-state index >= 15 is 0 Å². The third-order valence-corrected chi connectivity index (χ3v) is 5.80. The van der Waals surface area contributed by atoms with E-state index in [2.05, 4.69) is 22.1 Å². The van der Waals surface area contributed by atoms with E-state index in [1.165, 1.54) is 10.9 Å². The first-order chi connectivity index (χ1) is 14.3. The maximum atomic E-state index is 9.19. The minimum atomic E-state index is 0.557. The van der Waals surface area contributed by atoms with Crippen molar-refractivity contribution in [1.29, 1.82) is 5.26 Å². The highest BCUT2D eigenvalue weighted by molar-refractivity contribution is 5.85. The second kappa shape index (κ2) is 9.02. The molecule has 0 aliphatic carbocycles. The van der Waals surface area contributed by atoms with Crippen molar-refractivity contribution in [3.8, 4) is 17.6 Å². The Morgan fingerprint density at radius 1 is 1.14 bits per heavy atom. The zero-order chi connectivity index (χ0) is 20.1.